The van der Waals surface area contributed by atoms with Crippen molar-refractivity contribution in [2.75, 3.05) is 6.61 Å². The van der Waals surface area contributed by atoms with Crippen molar-refractivity contribution in [1.82, 2.24) is 9.78 Å². The molecule has 0 spiro atoms. The van der Waals surface area contributed by atoms with Gasteiger partial charge in [0.05, 0.1) is 24.2 Å². The van der Waals surface area contributed by atoms with E-state index in [2.05, 4.69) is 6.92 Å². The first-order valence-electron chi connectivity index (χ1n) is 11.5. The molecule has 158 valence electrons. The third kappa shape index (κ3) is 4.75. The van der Waals surface area contributed by atoms with E-state index in [9.17, 15) is 4.79 Å². The fraction of sp³-hybridized carbons (Fsp3) is 0.462. The highest BCUT2D eigenvalue weighted by Crippen LogP contribution is 2.28. The Morgan fingerprint density at radius 2 is 1.83 bits per heavy atom. The molecule has 3 aromatic rings. The average molecular weight is 405 g/mol. The van der Waals surface area contributed by atoms with Gasteiger partial charge < -0.3 is 4.74 Å². The number of fused-ring (bicyclic) bond motifs is 1. The van der Waals surface area contributed by atoms with Crippen molar-refractivity contribution in [3.05, 3.63) is 70.1 Å². The molecule has 4 heteroatoms. The number of aryl methyl sites for hydroxylation is 1. The second-order valence-corrected chi connectivity index (χ2v) is 8.49. The summed E-state index contributed by atoms with van der Waals surface area (Å²) in [6.45, 7) is 3.36. The first-order valence-corrected chi connectivity index (χ1v) is 11.5. The number of benzene rings is 2. The van der Waals surface area contributed by atoms with E-state index in [1.54, 1.807) is 4.68 Å². The Morgan fingerprint density at radius 1 is 1.03 bits per heavy atom. The van der Waals surface area contributed by atoms with Crippen LogP contribution in [0.25, 0.3) is 10.8 Å². The Hall–Kier alpha value is -2.62. The van der Waals surface area contributed by atoms with Gasteiger partial charge in [0.25, 0.3) is 5.56 Å². The number of nitrogens with zero attached hydrogens (tertiary/aromatic N) is 2. The van der Waals surface area contributed by atoms with E-state index >= 15 is 0 Å². The molecule has 0 aliphatic heterocycles. The Labute approximate surface area is 178 Å². The lowest BCUT2D eigenvalue weighted by Gasteiger charge is -2.22. The van der Waals surface area contributed by atoms with Gasteiger partial charge >= 0.3 is 0 Å². The summed E-state index contributed by atoms with van der Waals surface area (Å²) in [4.78, 5) is 13.5. The Balaban J connectivity index is 1.72. The lowest BCUT2D eigenvalue weighted by molar-refractivity contribution is 0.210. The predicted octanol–water partition coefficient (Wildman–Crippen LogP) is 5.75. The van der Waals surface area contributed by atoms with Crippen LogP contribution in [0.2, 0.25) is 0 Å². The van der Waals surface area contributed by atoms with E-state index < -0.39 is 0 Å². The zero-order valence-electron chi connectivity index (χ0n) is 18.0. The number of ether oxygens (including phenoxy) is 1. The molecule has 30 heavy (non-hydrogen) atoms. The molecule has 0 saturated heterocycles. The summed E-state index contributed by atoms with van der Waals surface area (Å²) < 4.78 is 7.88. The molecule has 4 rings (SSSR count). The van der Waals surface area contributed by atoms with Crippen LogP contribution in [-0.2, 0) is 13.0 Å². The van der Waals surface area contributed by atoms with Crippen molar-refractivity contribution in [3.8, 4) is 5.75 Å². The number of hydrogen-bond acceptors (Lipinski definition) is 3. The molecule has 0 amide bonds. The van der Waals surface area contributed by atoms with Crippen LogP contribution in [0.4, 0.5) is 0 Å². The van der Waals surface area contributed by atoms with Gasteiger partial charge in [0.15, 0.2) is 0 Å². The molecule has 1 aromatic heterocycles. The highest BCUT2D eigenvalue weighted by atomic mass is 16.5. The summed E-state index contributed by atoms with van der Waals surface area (Å²) in [7, 11) is 0. The highest BCUT2D eigenvalue weighted by molar-refractivity contribution is 5.89. The first kappa shape index (κ1) is 20.6. The van der Waals surface area contributed by atoms with Crippen LogP contribution >= 0.6 is 0 Å². The number of aromatic nitrogens is 2. The standard InChI is InChI=1S/C26H32N2O2/c1-2-3-16-23-22-15-10-17-24(30-19-21-13-8-5-9-14-21)25(22)26(29)28(27-23)18-20-11-6-4-7-12-20/h4,6-7,10-12,15,17,21H,2-3,5,8-9,13-14,16,18-19H2,1H3. The fourth-order valence-corrected chi connectivity index (χ4v) is 4.44. The predicted molar refractivity (Wildman–Crippen MR) is 122 cm³/mol. The molecule has 0 bridgehead atoms. The quantitative estimate of drug-likeness (QED) is 0.480. The largest absolute Gasteiger partial charge is 0.492 e. The van der Waals surface area contributed by atoms with Crippen molar-refractivity contribution in [3.63, 3.8) is 0 Å². The van der Waals surface area contributed by atoms with Gasteiger partial charge in [0.1, 0.15) is 5.75 Å². The molecule has 1 aliphatic rings. The lowest BCUT2D eigenvalue weighted by Crippen LogP contribution is -2.26. The minimum atomic E-state index is -0.0617. The molecule has 2 aromatic carbocycles. The molecule has 1 saturated carbocycles. The molecule has 4 nitrogen and oxygen atoms in total. The summed E-state index contributed by atoms with van der Waals surface area (Å²) in [5, 5.41) is 6.40. The SMILES string of the molecule is CCCCc1nn(Cc2ccccc2)c(=O)c2c(OCC3CCCCC3)cccc12. The van der Waals surface area contributed by atoms with Crippen LogP contribution in [0.15, 0.2) is 53.3 Å². The molecule has 0 atom stereocenters. The third-order valence-electron chi connectivity index (χ3n) is 6.17. The van der Waals surface area contributed by atoms with E-state index in [1.807, 2.05) is 48.5 Å². The molecular weight excluding hydrogens is 372 g/mol. The Kier molecular flexibility index (Phi) is 6.83. The maximum absolute atomic E-state index is 13.5. The van der Waals surface area contributed by atoms with Gasteiger partial charge in [-0.25, -0.2) is 4.68 Å². The van der Waals surface area contributed by atoms with Gasteiger partial charge in [-0.2, -0.15) is 5.10 Å². The van der Waals surface area contributed by atoms with E-state index in [-0.39, 0.29) is 5.56 Å². The van der Waals surface area contributed by atoms with E-state index in [4.69, 9.17) is 9.84 Å². The van der Waals surface area contributed by atoms with E-state index in [0.29, 0.717) is 30.2 Å². The third-order valence-corrected chi connectivity index (χ3v) is 6.17. The molecule has 0 unspecified atom stereocenters. The minimum absolute atomic E-state index is 0.0617. The summed E-state index contributed by atoms with van der Waals surface area (Å²) in [5.74, 6) is 1.31. The normalized spacial score (nSPS) is 14.8. The molecule has 1 heterocycles. The van der Waals surface area contributed by atoms with Crippen molar-refractivity contribution >= 4 is 10.8 Å². The van der Waals surface area contributed by atoms with Gasteiger partial charge in [-0.3, -0.25) is 4.79 Å². The average Bonchev–Trinajstić information content (AvgIpc) is 2.80. The summed E-state index contributed by atoms with van der Waals surface area (Å²) >= 11 is 0. The van der Waals surface area contributed by atoms with Crippen LogP contribution in [0, 0.1) is 5.92 Å². The van der Waals surface area contributed by atoms with Gasteiger partial charge in [-0.15, -0.1) is 0 Å². The van der Waals surface area contributed by atoms with Crippen molar-refractivity contribution in [2.24, 2.45) is 5.92 Å². The zero-order chi connectivity index (χ0) is 20.8. The molecular formula is C26H32N2O2. The number of unbranched alkanes of at least 4 members (excludes halogenated alkanes) is 1. The van der Waals surface area contributed by atoms with Crippen molar-refractivity contribution in [2.45, 2.75) is 64.8 Å². The summed E-state index contributed by atoms with van der Waals surface area (Å²) in [6.07, 6.45) is 9.39. The van der Waals surface area contributed by atoms with E-state index in [0.717, 1.165) is 35.9 Å². The topological polar surface area (TPSA) is 44.1 Å². The minimum Gasteiger partial charge on any atom is -0.492 e. The van der Waals surface area contributed by atoms with Gasteiger partial charge in [-0.05, 0) is 43.2 Å². The van der Waals surface area contributed by atoms with Gasteiger partial charge in [-0.1, -0.05) is 75.1 Å². The fourth-order valence-electron chi connectivity index (χ4n) is 4.44. The molecule has 0 N–H and O–H groups in total. The van der Waals surface area contributed by atoms with Crippen molar-refractivity contribution in [1.29, 1.82) is 0 Å². The summed E-state index contributed by atoms with van der Waals surface area (Å²) in [5.41, 5.74) is 2.01. The second kappa shape index (κ2) is 9.92. The first-order chi connectivity index (χ1) is 14.8. The monoisotopic (exact) mass is 404 g/mol. The number of rotatable bonds is 8. The second-order valence-electron chi connectivity index (χ2n) is 8.49. The smallest absolute Gasteiger partial charge is 0.278 e. The van der Waals surface area contributed by atoms with Crippen LogP contribution in [0.3, 0.4) is 0 Å². The van der Waals surface area contributed by atoms with Crippen molar-refractivity contribution < 1.29 is 4.74 Å². The lowest BCUT2D eigenvalue weighted by atomic mass is 9.90. The number of hydrogen-bond donors (Lipinski definition) is 0. The zero-order valence-corrected chi connectivity index (χ0v) is 18.0. The molecule has 0 radical (unpaired) electrons. The van der Waals surface area contributed by atoms with Crippen LogP contribution in [0.1, 0.15) is 63.1 Å². The maximum Gasteiger partial charge on any atom is 0.278 e. The summed E-state index contributed by atoms with van der Waals surface area (Å²) in [6, 6.07) is 16.0. The molecule has 1 aliphatic carbocycles. The van der Waals surface area contributed by atoms with Gasteiger partial charge in [0.2, 0.25) is 0 Å². The Bertz CT molecular complexity index is 1020. The van der Waals surface area contributed by atoms with Gasteiger partial charge in [0, 0.05) is 5.39 Å². The Morgan fingerprint density at radius 3 is 2.60 bits per heavy atom. The van der Waals surface area contributed by atoms with Crippen LogP contribution in [0.5, 0.6) is 5.75 Å². The van der Waals surface area contributed by atoms with Crippen LogP contribution < -0.4 is 10.3 Å². The maximum atomic E-state index is 13.5. The van der Waals surface area contributed by atoms with E-state index in [1.165, 1.54) is 32.1 Å². The van der Waals surface area contributed by atoms with Crippen LogP contribution in [-0.4, -0.2) is 16.4 Å². The highest BCUT2D eigenvalue weighted by Gasteiger charge is 2.18. The molecule has 1 fully saturated rings.